The van der Waals surface area contributed by atoms with E-state index in [1.54, 1.807) is 0 Å². The zero-order valence-electron chi connectivity index (χ0n) is 7.70. The lowest BCUT2D eigenvalue weighted by Crippen LogP contribution is -1.86. The van der Waals surface area contributed by atoms with Crippen LogP contribution >= 0.6 is 0 Å². The number of aromatic hydroxyl groups is 1. The number of aliphatic hydroxyl groups is 1. The number of phenols is 1. The van der Waals surface area contributed by atoms with E-state index in [2.05, 4.69) is 0 Å². The molecule has 0 atom stereocenters. The van der Waals surface area contributed by atoms with Crippen LogP contribution in [0.25, 0.3) is 6.08 Å². The second kappa shape index (κ2) is 4.62. The van der Waals surface area contributed by atoms with Gasteiger partial charge in [-0.15, -0.1) is 0 Å². The first kappa shape index (κ1) is 10.5. The van der Waals surface area contributed by atoms with Gasteiger partial charge in [0.2, 0.25) is 0 Å². The average molecular weight is 198 g/mol. The summed E-state index contributed by atoms with van der Waals surface area (Å²) in [5, 5.41) is 17.7. The Morgan fingerprint density at radius 1 is 1.57 bits per heavy atom. The van der Waals surface area contributed by atoms with Gasteiger partial charge >= 0.3 is 0 Å². The van der Waals surface area contributed by atoms with Crippen LogP contribution in [0.15, 0.2) is 24.0 Å². The second-order valence-electron chi connectivity index (χ2n) is 2.68. The molecule has 0 bridgehead atoms. The predicted octanol–water partition coefficient (Wildman–Crippen LogP) is 1.70. The van der Waals surface area contributed by atoms with E-state index in [9.17, 15) is 9.50 Å². The first-order chi connectivity index (χ1) is 6.67. The molecule has 0 aliphatic rings. The molecule has 76 valence electrons. The van der Waals surface area contributed by atoms with E-state index in [1.165, 1.54) is 31.4 Å². The van der Waals surface area contributed by atoms with Gasteiger partial charge in [0.05, 0.1) is 13.7 Å². The number of aliphatic hydroxyl groups excluding tert-OH is 1. The summed E-state index contributed by atoms with van der Waals surface area (Å²) in [6.45, 7) is -0.636. The third-order valence-corrected chi connectivity index (χ3v) is 1.68. The fraction of sp³-hybridized carbons (Fsp3) is 0.200. The number of hydrogen-bond donors (Lipinski definition) is 2. The predicted molar refractivity (Wildman–Crippen MR) is 50.8 cm³/mol. The lowest BCUT2D eigenvalue weighted by Gasteiger charge is -2.03. The second-order valence-corrected chi connectivity index (χ2v) is 2.68. The summed E-state index contributed by atoms with van der Waals surface area (Å²) < 4.78 is 17.5. The maximum absolute atomic E-state index is 12.7. The molecule has 0 saturated carbocycles. The number of hydrogen-bond acceptors (Lipinski definition) is 3. The maximum Gasteiger partial charge on any atom is 0.161 e. The van der Waals surface area contributed by atoms with Gasteiger partial charge in [-0.3, -0.25) is 0 Å². The van der Waals surface area contributed by atoms with E-state index in [1.807, 2.05) is 0 Å². The monoisotopic (exact) mass is 198 g/mol. The summed E-state index contributed by atoms with van der Waals surface area (Å²) in [5.74, 6) is -0.378. The third kappa shape index (κ3) is 2.47. The molecule has 0 heterocycles. The molecule has 0 fully saturated rings. The standard InChI is InChI=1S/C10H11FO3/c1-14-10-5-7(2-3-9(10)13)4-8(11)6-12/h2-5,12-13H,6H2,1H3/b8-4-. The van der Waals surface area contributed by atoms with Gasteiger partial charge in [0, 0.05) is 0 Å². The molecule has 2 N–H and O–H groups in total. The summed E-state index contributed by atoms with van der Waals surface area (Å²) in [4.78, 5) is 0. The normalized spacial score (nSPS) is 11.5. The Kier molecular flexibility index (Phi) is 3.48. The number of methoxy groups -OCH3 is 1. The fourth-order valence-corrected chi connectivity index (χ4v) is 1.01. The van der Waals surface area contributed by atoms with Crippen LogP contribution in [-0.4, -0.2) is 23.9 Å². The Balaban J connectivity index is 3.01. The van der Waals surface area contributed by atoms with Crippen LogP contribution in [0, 0.1) is 0 Å². The molecule has 1 aromatic rings. The molecule has 0 aliphatic carbocycles. The Morgan fingerprint density at radius 3 is 2.86 bits per heavy atom. The SMILES string of the molecule is COc1cc(/C=C(\F)CO)ccc1O. The summed E-state index contributed by atoms with van der Waals surface area (Å²) in [6, 6.07) is 4.40. The molecule has 0 spiro atoms. The number of benzene rings is 1. The molecule has 14 heavy (non-hydrogen) atoms. The van der Waals surface area contributed by atoms with Crippen LogP contribution in [-0.2, 0) is 0 Å². The Morgan fingerprint density at radius 2 is 2.29 bits per heavy atom. The van der Waals surface area contributed by atoms with Crippen molar-refractivity contribution < 1.29 is 19.3 Å². The number of ether oxygens (including phenoxy) is 1. The summed E-state index contributed by atoms with van der Waals surface area (Å²) >= 11 is 0. The van der Waals surface area contributed by atoms with Crippen LogP contribution < -0.4 is 4.74 Å². The van der Waals surface area contributed by atoms with E-state index in [0.29, 0.717) is 5.56 Å². The molecule has 0 amide bonds. The highest BCUT2D eigenvalue weighted by atomic mass is 19.1. The topological polar surface area (TPSA) is 49.7 Å². The quantitative estimate of drug-likeness (QED) is 0.777. The molecule has 3 nitrogen and oxygen atoms in total. The molecular formula is C10H11FO3. The highest BCUT2D eigenvalue weighted by molar-refractivity contribution is 5.56. The summed E-state index contributed by atoms with van der Waals surface area (Å²) in [6.07, 6.45) is 1.17. The lowest BCUT2D eigenvalue weighted by molar-refractivity contribution is 0.300. The van der Waals surface area contributed by atoms with Crippen molar-refractivity contribution in [3.63, 3.8) is 0 Å². The van der Waals surface area contributed by atoms with Crippen molar-refractivity contribution in [2.75, 3.05) is 13.7 Å². The van der Waals surface area contributed by atoms with Crippen molar-refractivity contribution in [3.8, 4) is 11.5 Å². The van der Waals surface area contributed by atoms with Crippen LogP contribution in [0.3, 0.4) is 0 Å². The minimum absolute atomic E-state index is 0.00550. The van der Waals surface area contributed by atoms with Crippen LogP contribution in [0.1, 0.15) is 5.56 Å². The molecule has 1 aromatic carbocycles. The Bertz CT molecular complexity index is 347. The summed E-state index contributed by atoms with van der Waals surface area (Å²) in [5.41, 5.74) is 0.520. The van der Waals surface area contributed by atoms with Gasteiger partial charge in [0.1, 0.15) is 5.83 Å². The number of halogens is 1. The van der Waals surface area contributed by atoms with E-state index >= 15 is 0 Å². The van der Waals surface area contributed by atoms with Gasteiger partial charge in [0.15, 0.2) is 11.5 Å². The third-order valence-electron chi connectivity index (χ3n) is 1.68. The molecule has 0 unspecified atom stereocenters. The summed E-state index contributed by atoms with van der Waals surface area (Å²) in [7, 11) is 1.41. The number of phenolic OH excluding ortho intramolecular Hbond substituents is 1. The van der Waals surface area contributed by atoms with E-state index in [4.69, 9.17) is 9.84 Å². The lowest BCUT2D eigenvalue weighted by atomic mass is 10.2. The number of rotatable bonds is 3. The zero-order chi connectivity index (χ0) is 10.6. The van der Waals surface area contributed by atoms with Gasteiger partial charge in [0.25, 0.3) is 0 Å². The van der Waals surface area contributed by atoms with Gasteiger partial charge in [-0.25, -0.2) is 4.39 Å². The molecule has 1 rings (SSSR count). The molecule has 0 saturated heterocycles. The van der Waals surface area contributed by atoms with Crippen LogP contribution in [0.5, 0.6) is 11.5 Å². The van der Waals surface area contributed by atoms with Crippen molar-refractivity contribution >= 4 is 6.08 Å². The van der Waals surface area contributed by atoms with Crippen molar-refractivity contribution in [3.05, 3.63) is 29.6 Å². The van der Waals surface area contributed by atoms with E-state index in [-0.39, 0.29) is 11.5 Å². The first-order valence-corrected chi connectivity index (χ1v) is 4.01. The first-order valence-electron chi connectivity index (χ1n) is 4.01. The zero-order valence-corrected chi connectivity index (χ0v) is 7.70. The van der Waals surface area contributed by atoms with Crippen LogP contribution in [0.2, 0.25) is 0 Å². The molecular weight excluding hydrogens is 187 g/mol. The largest absolute Gasteiger partial charge is 0.504 e. The molecule has 0 radical (unpaired) electrons. The maximum atomic E-state index is 12.7. The van der Waals surface area contributed by atoms with Crippen molar-refractivity contribution in [1.29, 1.82) is 0 Å². The highest BCUT2D eigenvalue weighted by Gasteiger charge is 2.01. The minimum atomic E-state index is -0.641. The van der Waals surface area contributed by atoms with Crippen molar-refractivity contribution in [2.45, 2.75) is 0 Å². The highest BCUT2D eigenvalue weighted by Crippen LogP contribution is 2.27. The minimum Gasteiger partial charge on any atom is -0.504 e. The van der Waals surface area contributed by atoms with Crippen molar-refractivity contribution in [2.24, 2.45) is 0 Å². The van der Waals surface area contributed by atoms with E-state index < -0.39 is 12.4 Å². The molecule has 0 aliphatic heterocycles. The van der Waals surface area contributed by atoms with Crippen molar-refractivity contribution in [1.82, 2.24) is 0 Å². The average Bonchev–Trinajstić information content (AvgIpc) is 2.20. The smallest absolute Gasteiger partial charge is 0.161 e. The van der Waals surface area contributed by atoms with Gasteiger partial charge in [-0.2, -0.15) is 0 Å². The van der Waals surface area contributed by atoms with E-state index in [0.717, 1.165) is 0 Å². The van der Waals surface area contributed by atoms with Gasteiger partial charge in [-0.1, -0.05) is 6.07 Å². The molecule has 0 aromatic heterocycles. The van der Waals surface area contributed by atoms with Crippen LogP contribution in [0.4, 0.5) is 4.39 Å². The fourth-order valence-electron chi connectivity index (χ4n) is 1.01. The molecule has 4 heteroatoms. The Labute approximate surface area is 81.1 Å². The van der Waals surface area contributed by atoms with Gasteiger partial charge < -0.3 is 14.9 Å². The van der Waals surface area contributed by atoms with Gasteiger partial charge in [-0.05, 0) is 23.8 Å². The Hall–Kier alpha value is -1.55.